The Morgan fingerprint density at radius 2 is 1.95 bits per heavy atom. The molecule has 0 spiro atoms. The first kappa shape index (κ1) is 26.6. The number of nitrogens with zero attached hydrogens (tertiary/aromatic N) is 1. The minimum absolute atomic E-state index is 0.00389. The molecule has 0 unspecified atom stereocenters. The zero-order valence-electron chi connectivity index (χ0n) is 19.9. The van der Waals surface area contributed by atoms with Crippen molar-refractivity contribution >= 4 is 23.9 Å². The summed E-state index contributed by atoms with van der Waals surface area (Å²) >= 11 is 0. The third-order valence-corrected chi connectivity index (χ3v) is 7.00. The first-order valence-electron chi connectivity index (χ1n) is 11.9. The molecule has 3 aliphatic heterocycles. The molecule has 1 aliphatic carbocycles. The third-order valence-electron chi connectivity index (χ3n) is 7.00. The molecule has 38 heavy (non-hydrogen) atoms. The number of aliphatic hydroxyl groups excluding tert-OH is 1. The van der Waals surface area contributed by atoms with Gasteiger partial charge in [0.1, 0.15) is 36.6 Å². The van der Waals surface area contributed by atoms with Gasteiger partial charge in [-0.25, -0.2) is 4.79 Å². The van der Waals surface area contributed by atoms with Crippen LogP contribution in [0, 0.1) is 5.41 Å². The highest BCUT2D eigenvalue weighted by atomic mass is 19.4. The maximum Gasteiger partial charge on any atom is 0.422 e. The fourth-order valence-corrected chi connectivity index (χ4v) is 5.45. The Kier molecular flexibility index (Phi) is 7.17. The van der Waals surface area contributed by atoms with Gasteiger partial charge in [-0.1, -0.05) is 24.3 Å². The van der Waals surface area contributed by atoms with Crippen molar-refractivity contribution in [1.82, 2.24) is 10.4 Å². The van der Waals surface area contributed by atoms with E-state index in [-0.39, 0.29) is 32.9 Å². The number of amides is 1. The molecule has 3 heterocycles. The van der Waals surface area contributed by atoms with Crippen LogP contribution in [-0.2, 0) is 44.7 Å². The predicted molar refractivity (Wildman–Crippen MR) is 118 cm³/mol. The van der Waals surface area contributed by atoms with E-state index in [1.807, 2.05) is 0 Å². The lowest BCUT2D eigenvalue weighted by molar-refractivity contribution is -0.201. The predicted octanol–water partition coefficient (Wildman–Crippen LogP) is 0.455. The van der Waals surface area contributed by atoms with Crippen molar-refractivity contribution in [1.29, 1.82) is 0 Å². The average molecular weight is 542 g/mol. The Bertz CT molecular complexity index is 1110. The van der Waals surface area contributed by atoms with E-state index in [4.69, 9.17) is 19.0 Å². The van der Waals surface area contributed by atoms with E-state index in [1.165, 1.54) is 11.1 Å². The molecule has 11 nitrogen and oxygen atoms in total. The molecule has 1 aromatic carbocycles. The zero-order chi connectivity index (χ0) is 27.1. The summed E-state index contributed by atoms with van der Waals surface area (Å²) < 4.78 is 57.6. The van der Waals surface area contributed by atoms with Crippen molar-refractivity contribution in [3.05, 3.63) is 41.5 Å². The molecule has 0 radical (unpaired) electrons. The van der Waals surface area contributed by atoms with Crippen LogP contribution in [0.5, 0.6) is 0 Å². The van der Waals surface area contributed by atoms with Crippen LogP contribution in [-0.4, -0.2) is 91.2 Å². The van der Waals surface area contributed by atoms with Crippen LogP contribution < -0.4 is 5.32 Å². The van der Waals surface area contributed by atoms with Crippen molar-refractivity contribution < 1.29 is 56.4 Å². The van der Waals surface area contributed by atoms with Crippen LogP contribution in [0.1, 0.15) is 17.5 Å². The van der Waals surface area contributed by atoms with E-state index in [1.54, 1.807) is 24.3 Å². The summed E-state index contributed by atoms with van der Waals surface area (Å²) in [6, 6.07) is 5.53. The summed E-state index contributed by atoms with van der Waals surface area (Å²) in [4.78, 5) is 44.2. The summed E-state index contributed by atoms with van der Waals surface area (Å²) in [5.41, 5.74) is -0.113. The number of hydrogen-bond donors (Lipinski definition) is 2. The van der Waals surface area contributed by atoms with E-state index in [0.717, 1.165) is 6.08 Å². The largest absolute Gasteiger partial charge is 0.458 e. The maximum atomic E-state index is 13.4. The van der Waals surface area contributed by atoms with Crippen LogP contribution in [0.3, 0.4) is 0 Å². The molecule has 3 saturated heterocycles. The number of nitrogens with one attached hydrogen (secondary N) is 1. The Hall–Kier alpha value is -3.04. The Morgan fingerprint density at radius 1 is 1.21 bits per heavy atom. The van der Waals surface area contributed by atoms with Gasteiger partial charge >= 0.3 is 18.1 Å². The van der Waals surface area contributed by atoms with Crippen molar-refractivity contribution in [3.8, 4) is 0 Å². The van der Waals surface area contributed by atoms with Gasteiger partial charge < -0.3 is 29.4 Å². The van der Waals surface area contributed by atoms with Gasteiger partial charge in [0.2, 0.25) is 5.91 Å². The summed E-state index contributed by atoms with van der Waals surface area (Å²) in [7, 11) is 0. The number of carbonyl (C=O) groups excluding carboxylic acids is 3. The number of hydrogen-bond acceptors (Lipinski definition) is 10. The second kappa shape index (κ2) is 10.3. The lowest BCUT2D eigenvalue weighted by atomic mass is 9.62. The second-order valence-corrected chi connectivity index (χ2v) is 9.38. The molecule has 2 N–H and O–H groups in total. The molecule has 4 aliphatic rings. The van der Waals surface area contributed by atoms with Crippen LogP contribution in [0.25, 0.3) is 6.08 Å². The lowest BCUT2D eigenvalue weighted by Gasteiger charge is -2.48. The second-order valence-electron chi connectivity index (χ2n) is 9.38. The van der Waals surface area contributed by atoms with E-state index in [9.17, 15) is 32.7 Å². The number of ether oxygens (including phenoxy) is 4. The van der Waals surface area contributed by atoms with Gasteiger partial charge in [-0.05, 0) is 17.2 Å². The number of alkyl halides is 3. The Balaban J connectivity index is 1.33. The smallest absolute Gasteiger partial charge is 0.422 e. The third kappa shape index (κ3) is 4.89. The maximum absolute atomic E-state index is 13.4. The monoisotopic (exact) mass is 542 g/mol. The van der Waals surface area contributed by atoms with Gasteiger partial charge in [0.25, 0.3) is 0 Å². The van der Waals surface area contributed by atoms with Crippen LogP contribution in [0.4, 0.5) is 13.2 Å². The van der Waals surface area contributed by atoms with Gasteiger partial charge in [-0.2, -0.15) is 18.2 Å². The minimum atomic E-state index is -4.61. The number of aliphatic hydroxyl groups is 1. The minimum Gasteiger partial charge on any atom is -0.458 e. The zero-order valence-corrected chi connectivity index (χ0v) is 19.9. The highest BCUT2D eigenvalue weighted by molar-refractivity contribution is 5.93. The number of rotatable bonds is 8. The molecule has 206 valence electrons. The van der Waals surface area contributed by atoms with Crippen LogP contribution >= 0.6 is 0 Å². The fraction of sp³-hybridized carbons (Fsp3) is 0.542. The normalized spacial score (nSPS) is 32.2. The van der Waals surface area contributed by atoms with Gasteiger partial charge in [0.15, 0.2) is 12.6 Å². The average Bonchev–Trinajstić information content (AvgIpc) is 3.50. The molecule has 1 amide bonds. The number of esters is 2. The summed E-state index contributed by atoms with van der Waals surface area (Å²) in [6.45, 7) is -1.88. The first-order chi connectivity index (χ1) is 18.1. The SMILES string of the molecule is O=C(C=Cc1ccc(CN2O[C@@H]3[C@H]4OCO[C@H]4[C@H]4C[C@]3(C(=O)NCCO)[C@@H]2C(=O)O4)cc1)OCC(F)(F)F. The standard InChI is InChI=1S/C24H25F3N2O9/c25-24(26,27)11-34-16(31)6-5-13-1-3-14(4-2-13)10-29-19-21(32)37-15-9-23(19,22(33)28-7-8-30)20(38-29)18-17(15)35-12-36-18/h1-6,15,17-20,30H,7-12H2,(H,28,33)/t15-,17+,18+,19+,20-,23+/m1/s1. The fourth-order valence-electron chi connectivity index (χ4n) is 5.45. The Morgan fingerprint density at radius 3 is 2.66 bits per heavy atom. The number of fused-ring (bicyclic) bond motifs is 4. The molecule has 4 fully saturated rings. The molecule has 5 rings (SSSR count). The lowest BCUT2D eigenvalue weighted by Crippen LogP contribution is -2.69. The highest BCUT2D eigenvalue weighted by Crippen LogP contribution is 2.55. The van der Waals surface area contributed by atoms with E-state index < -0.39 is 66.5 Å². The van der Waals surface area contributed by atoms with Crippen molar-refractivity contribution in [2.75, 3.05) is 26.6 Å². The molecular formula is C24H25F3N2O9. The molecule has 1 saturated carbocycles. The molecule has 14 heteroatoms. The molecular weight excluding hydrogens is 517 g/mol. The van der Waals surface area contributed by atoms with Crippen LogP contribution in [0.15, 0.2) is 30.3 Å². The van der Waals surface area contributed by atoms with Crippen molar-refractivity contribution in [2.24, 2.45) is 5.41 Å². The first-order valence-corrected chi connectivity index (χ1v) is 11.9. The molecule has 1 aromatic rings. The number of hydroxylamine groups is 2. The summed E-state index contributed by atoms with van der Waals surface area (Å²) in [5, 5.41) is 13.3. The van der Waals surface area contributed by atoms with Gasteiger partial charge in [0, 0.05) is 19.0 Å². The summed E-state index contributed by atoms with van der Waals surface area (Å²) in [6.07, 6.45) is -4.97. The summed E-state index contributed by atoms with van der Waals surface area (Å²) in [5.74, 6) is -2.21. The number of benzene rings is 1. The van der Waals surface area contributed by atoms with Crippen LogP contribution in [0.2, 0.25) is 0 Å². The number of carbonyl (C=O) groups is 3. The highest BCUT2D eigenvalue weighted by Gasteiger charge is 2.74. The molecule has 0 aromatic heterocycles. The van der Waals surface area contributed by atoms with E-state index in [0.29, 0.717) is 11.1 Å². The Labute approximate surface area is 214 Å². The van der Waals surface area contributed by atoms with E-state index in [2.05, 4.69) is 10.1 Å². The quantitative estimate of drug-likeness (QED) is 0.353. The number of halogens is 3. The molecule has 6 atom stereocenters. The van der Waals surface area contributed by atoms with Gasteiger partial charge in [0.05, 0.1) is 13.2 Å². The van der Waals surface area contributed by atoms with Gasteiger partial charge in [-0.15, -0.1) is 0 Å². The van der Waals surface area contributed by atoms with Gasteiger partial charge in [-0.3, -0.25) is 14.4 Å². The molecule has 2 bridgehead atoms. The van der Waals surface area contributed by atoms with E-state index >= 15 is 0 Å². The van der Waals surface area contributed by atoms with Crippen molar-refractivity contribution in [2.45, 2.75) is 49.6 Å². The van der Waals surface area contributed by atoms with Crippen molar-refractivity contribution in [3.63, 3.8) is 0 Å². The topological polar surface area (TPSA) is 133 Å².